The van der Waals surface area contributed by atoms with Gasteiger partial charge in [-0.15, -0.1) is 0 Å². The van der Waals surface area contributed by atoms with Crippen LogP contribution in [0.15, 0.2) is 30.3 Å². The summed E-state index contributed by atoms with van der Waals surface area (Å²) in [6.45, 7) is -0.954. The fourth-order valence-electron chi connectivity index (χ4n) is 1.36. The Morgan fingerprint density at radius 3 is 2.31 bits per heavy atom. The van der Waals surface area contributed by atoms with Gasteiger partial charge >= 0.3 is 6.18 Å². The van der Waals surface area contributed by atoms with Crippen molar-refractivity contribution < 1.29 is 17.9 Å². The molecule has 0 spiro atoms. The first-order valence-corrected chi connectivity index (χ1v) is 4.96. The number of ether oxygens (including phenoxy) is 1. The van der Waals surface area contributed by atoms with Crippen molar-refractivity contribution in [2.75, 3.05) is 13.2 Å². The maximum absolute atomic E-state index is 12.0. The molecule has 0 saturated carbocycles. The predicted molar refractivity (Wildman–Crippen MR) is 54.9 cm³/mol. The molecule has 1 atom stereocenters. The molecule has 1 rings (SSSR count). The van der Waals surface area contributed by atoms with Gasteiger partial charge in [0.2, 0.25) is 0 Å². The van der Waals surface area contributed by atoms with Crippen LogP contribution in [0.5, 0.6) is 0 Å². The molecule has 1 unspecified atom stereocenters. The van der Waals surface area contributed by atoms with Crippen molar-refractivity contribution in [2.45, 2.75) is 18.7 Å². The van der Waals surface area contributed by atoms with Gasteiger partial charge in [-0.25, -0.2) is 0 Å². The molecule has 0 saturated heterocycles. The number of rotatable bonds is 5. The van der Waals surface area contributed by atoms with Gasteiger partial charge in [-0.1, -0.05) is 30.3 Å². The topological polar surface area (TPSA) is 35.2 Å². The summed E-state index contributed by atoms with van der Waals surface area (Å²) >= 11 is 0. The van der Waals surface area contributed by atoms with Crippen molar-refractivity contribution in [2.24, 2.45) is 5.73 Å². The lowest BCUT2D eigenvalue weighted by Gasteiger charge is -2.18. The molecule has 0 fully saturated rings. The Bertz CT molecular complexity index is 300. The van der Waals surface area contributed by atoms with E-state index in [0.29, 0.717) is 6.42 Å². The minimum Gasteiger partial charge on any atom is -0.364 e. The van der Waals surface area contributed by atoms with Gasteiger partial charge in [-0.2, -0.15) is 13.2 Å². The van der Waals surface area contributed by atoms with Gasteiger partial charge in [-0.05, 0) is 18.5 Å². The SMILES string of the molecule is NCCC(OCC(F)(F)F)c1ccccc1. The molecule has 1 aromatic rings. The zero-order chi connectivity index (χ0) is 12.0. The van der Waals surface area contributed by atoms with Crippen molar-refractivity contribution in [1.29, 1.82) is 0 Å². The van der Waals surface area contributed by atoms with Crippen LogP contribution in [0.1, 0.15) is 18.1 Å². The van der Waals surface area contributed by atoms with Crippen LogP contribution in [0, 0.1) is 0 Å². The Labute approximate surface area is 92.2 Å². The smallest absolute Gasteiger partial charge is 0.364 e. The third-order valence-corrected chi connectivity index (χ3v) is 2.05. The maximum Gasteiger partial charge on any atom is 0.411 e. The lowest BCUT2D eigenvalue weighted by Crippen LogP contribution is -2.21. The lowest BCUT2D eigenvalue weighted by molar-refractivity contribution is -0.186. The highest BCUT2D eigenvalue weighted by Crippen LogP contribution is 2.24. The molecule has 2 nitrogen and oxygen atoms in total. The lowest BCUT2D eigenvalue weighted by atomic mass is 10.1. The van der Waals surface area contributed by atoms with Gasteiger partial charge in [0.1, 0.15) is 6.61 Å². The number of halogens is 3. The van der Waals surface area contributed by atoms with Gasteiger partial charge in [0.25, 0.3) is 0 Å². The Kier molecular flexibility index (Phi) is 4.76. The second-order valence-electron chi connectivity index (χ2n) is 3.40. The van der Waals surface area contributed by atoms with E-state index in [-0.39, 0.29) is 6.54 Å². The monoisotopic (exact) mass is 233 g/mol. The third-order valence-electron chi connectivity index (χ3n) is 2.05. The highest BCUT2D eigenvalue weighted by atomic mass is 19.4. The minimum atomic E-state index is -4.30. The van der Waals surface area contributed by atoms with E-state index in [0.717, 1.165) is 5.56 Å². The van der Waals surface area contributed by atoms with E-state index in [1.807, 2.05) is 0 Å². The summed E-state index contributed by atoms with van der Waals surface area (Å²) in [7, 11) is 0. The first-order valence-electron chi connectivity index (χ1n) is 4.96. The molecular formula is C11H14F3NO. The maximum atomic E-state index is 12.0. The molecule has 0 heterocycles. The van der Waals surface area contributed by atoms with E-state index in [1.165, 1.54) is 0 Å². The standard InChI is InChI=1S/C11H14F3NO/c12-11(13,14)8-16-10(6-7-15)9-4-2-1-3-5-9/h1-5,10H,6-8,15H2. The molecule has 0 radical (unpaired) electrons. The zero-order valence-electron chi connectivity index (χ0n) is 8.70. The molecule has 2 N–H and O–H groups in total. The molecule has 5 heteroatoms. The summed E-state index contributed by atoms with van der Waals surface area (Å²) in [5.74, 6) is 0. The fourth-order valence-corrected chi connectivity index (χ4v) is 1.36. The number of alkyl halides is 3. The Morgan fingerprint density at radius 2 is 1.81 bits per heavy atom. The summed E-state index contributed by atoms with van der Waals surface area (Å²) in [6.07, 6.45) is -4.52. The number of nitrogens with two attached hydrogens (primary N) is 1. The molecule has 90 valence electrons. The Balaban J connectivity index is 2.61. The number of benzene rings is 1. The molecule has 1 aromatic carbocycles. The second kappa shape index (κ2) is 5.86. The summed E-state index contributed by atoms with van der Waals surface area (Å²) < 4.78 is 40.9. The Hall–Kier alpha value is -1.07. The first-order chi connectivity index (χ1) is 7.53. The van der Waals surface area contributed by atoms with E-state index < -0.39 is 18.9 Å². The van der Waals surface area contributed by atoms with Crippen LogP contribution >= 0.6 is 0 Å². The van der Waals surface area contributed by atoms with Crippen LogP contribution in [0.4, 0.5) is 13.2 Å². The molecule has 16 heavy (non-hydrogen) atoms. The van der Waals surface area contributed by atoms with Crippen molar-refractivity contribution in [3.8, 4) is 0 Å². The van der Waals surface area contributed by atoms with Crippen LogP contribution < -0.4 is 5.73 Å². The van der Waals surface area contributed by atoms with Gasteiger partial charge in [-0.3, -0.25) is 0 Å². The summed E-state index contributed by atoms with van der Waals surface area (Å²) in [5, 5.41) is 0. The van der Waals surface area contributed by atoms with Gasteiger partial charge in [0.05, 0.1) is 6.10 Å². The van der Waals surface area contributed by atoms with E-state index >= 15 is 0 Å². The third kappa shape index (κ3) is 4.63. The molecule has 0 aromatic heterocycles. The summed E-state index contributed by atoms with van der Waals surface area (Å²) in [5.41, 5.74) is 6.06. The highest BCUT2D eigenvalue weighted by Gasteiger charge is 2.29. The molecule has 0 bridgehead atoms. The highest BCUT2D eigenvalue weighted by molar-refractivity contribution is 5.17. The average Bonchev–Trinajstić information content (AvgIpc) is 2.24. The van der Waals surface area contributed by atoms with Crippen LogP contribution in [0.2, 0.25) is 0 Å². The summed E-state index contributed by atoms with van der Waals surface area (Å²) in [6, 6.07) is 8.78. The largest absolute Gasteiger partial charge is 0.411 e. The quantitative estimate of drug-likeness (QED) is 0.848. The van der Waals surface area contributed by atoms with Crippen LogP contribution in [0.25, 0.3) is 0 Å². The van der Waals surface area contributed by atoms with Crippen LogP contribution in [-0.2, 0) is 4.74 Å². The second-order valence-corrected chi connectivity index (χ2v) is 3.40. The van der Waals surface area contributed by atoms with Crippen molar-refractivity contribution >= 4 is 0 Å². The summed E-state index contributed by atoms with van der Waals surface area (Å²) in [4.78, 5) is 0. The van der Waals surface area contributed by atoms with Crippen LogP contribution in [0.3, 0.4) is 0 Å². The number of hydrogen-bond donors (Lipinski definition) is 1. The molecule has 0 amide bonds. The molecule has 0 aliphatic carbocycles. The average molecular weight is 233 g/mol. The normalized spacial score (nSPS) is 13.8. The van der Waals surface area contributed by atoms with E-state index in [9.17, 15) is 13.2 Å². The fraction of sp³-hybridized carbons (Fsp3) is 0.455. The molecule has 0 aliphatic heterocycles. The number of hydrogen-bond acceptors (Lipinski definition) is 2. The zero-order valence-corrected chi connectivity index (χ0v) is 8.70. The molecular weight excluding hydrogens is 219 g/mol. The van der Waals surface area contributed by atoms with Crippen molar-refractivity contribution in [3.05, 3.63) is 35.9 Å². The van der Waals surface area contributed by atoms with Crippen molar-refractivity contribution in [1.82, 2.24) is 0 Å². The van der Waals surface area contributed by atoms with Gasteiger partial charge < -0.3 is 10.5 Å². The van der Waals surface area contributed by atoms with Gasteiger partial charge in [0, 0.05) is 0 Å². The predicted octanol–water partition coefficient (Wildman–Crippen LogP) is 2.66. The van der Waals surface area contributed by atoms with Crippen LogP contribution in [-0.4, -0.2) is 19.3 Å². The van der Waals surface area contributed by atoms with Gasteiger partial charge in [0.15, 0.2) is 0 Å². The van der Waals surface area contributed by atoms with E-state index in [2.05, 4.69) is 0 Å². The molecule has 0 aliphatic rings. The van der Waals surface area contributed by atoms with E-state index in [1.54, 1.807) is 30.3 Å². The van der Waals surface area contributed by atoms with Crippen molar-refractivity contribution in [3.63, 3.8) is 0 Å². The Morgan fingerprint density at radius 1 is 1.19 bits per heavy atom. The first kappa shape index (κ1) is 13.0. The minimum absolute atomic E-state index is 0.289. The van der Waals surface area contributed by atoms with E-state index in [4.69, 9.17) is 10.5 Å².